The van der Waals surface area contributed by atoms with Crippen LogP contribution in [0.5, 0.6) is 0 Å². The van der Waals surface area contributed by atoms with Crippen molar-refractivity contribution in [2.75, 3.05) is 25.0 Å². The highest BCUT2D eigenvalue weighted by Gasteiger charge is 2.26. The van der Waals surface area contributed by atoms with Crippen LogP contribution in [0.4, 0.5) is 0 Å². The zero-order valence-electron chi connectivity index (χ0n) is 10.7. The summed E-state index contributed by atoms with van der Waals surface area (Å²) in [7, 11) is -3.27. The Balaban J connectivity index is 2.49. The predicted octanol–water partition coefficient (Wildman–Crippen LogP) is 2.12. The molecule has 0 saturated carbocycles. The van der Waals surface area contributed by atoms with Gasteiger partial charge in [-0.1, -0.05) is 36.2 Å². The summed E-state index contributed by atoms with van der Waals surface area (Å²) in [6, 6.07) is 0. The van der Waals surface area contributed by atoms with Crippen LogP contribution in [0.2, 0.25) is 0 Å². The molecule has 4 nitrogen and oxygen atoms in total. The van der Waals surface area contributed by atoms with Crippen molar-refractivity contribution >= 4 is 26.1 Å². The highest BCUT2D eigenvalue weighted by molar-refractivity contribution is 9.09. The number of hydrogen-bond acceptors (Lipinski definition) is 2. The van der Waals surface area contributed by atoms with Gasteiger partial charge in [0.1, 0.15) is 0 Å². The summed E-state index contributed by atoms with van der Waals surface area (Å²) in [6.45, 7) is 5.97. The molecular formula is C11H23BrN2O2S. The summed E-state index contributed by atoms with van der Waals surface area (Å²) >= 11 is 3.39. The Morgan fingerprint density at radius 2 is 1.82 bits per heavy atom. The maximum Gasteiger partial charge on any atom is 0.279 e. The molecule has 0 unspecified atom stereocenters. The minimum absolute atomic E-state index is 0.00758. The van der Waals surface area contributed by atoms with Crippen LogP contribution in [0, 0.1) is 5.41 Å². The van der Waals surface area contributed by atoms with Gasteiger partial charge in [0.2, 0.25) is 0 Å². The van der Waals surface area contributed by atoms with Crippen molar-refractivity contribution in [2.45, 2.75) is 39.5 Å². The minimum atomic E-state index is -3.27. The van der Waals surface area contributed by atoms with Crippen LogP contribution < -0.4 is 4.72 Å². The molecule has 1 heterocycles. The molecule has 1 fully saturated rings. The lowest BCUT2D eigenvalue weighted by molar-refractivity contribution is 0.322. The molecule has 1 saturated heterocycles. The first-order chi connectivity index (χ1) is 7.87. The Morgan fingerprint density at radius 1 is 1.24 bits per heavy atom. The highest BCUT2D eigenvalue weighted by atomic mass is 79.9. The molecule has 17 heavy (non-hydrogen) atoms. The fourth-order valence-electron chi connectivity index (χ4n) is 1.83. The van der Waals surface area contributed by atoms with Crippen molar-refractivity contribution in [1.82, 2.24) is 9.03 Å². The first-order valence-corrected chi connectivity index (χ1v) is 8.74. The summed E-state index contributed by atoms with van der Waals surface area (Å²) in [5, 5.41) is 0.894. The topological polar surface area (TPSA) is 49.4 Å². The van der Waals surface area contributed by atoms with Crippen molar-refractivity contribution < 1.29 is 8.42 Å². The van der Waals surface area contributed by atoms with Crippen molar-refractivity contribution in [3.8, 4) is 0 Å². The van der Waals surface area contributed by atoms with E-state index < -0.39 is 10.2 Å². The van der Waals surface area contributed by atoms with Gasteiger partial charge >= 0.3 is 0 Å². The van der Waals surface area contributed by atoms with Gasteiger partial charge in [0.15, 0.2) is 0 Å². The second-order valence-corrected chi connectivity index (χ2v) is 7.94. The normalized spacial score (nSPS) is 19.5. The number of halogens is 1. The standard InChI is InChI=1S/C11H23BrN2O2S/c1-11(2,6-7-12)10-13-17(15,16)14-8-4-3-5-9-14/h13H,3-10H2,1-2H3. The van der Waals surface area contributed by atoms with Crippen LogP contribution in [-0.2, 0) is 10.2 Å². The van der Waals surface area contributed by atoms with Crippen LogP contribution in [0.1, 0.15) is 39.5 Å². The molecule has 0 aromatic carbocycles. The van der Waals surface area contributed by atoms with E-state index in [-0.39, 0.29) is 5.41 Å². The molecule has 1 N–H and O–H groups in total. The Hall–Kier alpha value is 0.350. The lowest BCUT2D eigenvalue weighted by Gasteiger charge is -2.29. The van der Waals surface area contributed by atoms with Crippen molar-refractivity contribution in [3.63, 3.8) is 0 Å². The summed E-state index contributed by atoms with van der Waals surface area (Å²) in [5.74, 6) is 0. The summed E-state index contributed by atoms with van der Waals surface area (Å²) in [5.41, 5.74) is -0.00758. The van der Waals surface area contributed by atoms with Gasteiger partial charge in [-0.2, -0.15) is 12.7 Å². The summed E-state index contributed by atoms with van der Waals surface area (Å²) in [6.07, 6.45) is 4.05. The smallest absolute Gasteiger partial charge is 0.202 e. The van der Waals surface area contributed by atoms with E-state index in [0.717, 1.165) is 31.0 Å². The van der Waals surface area contributed by atoms with Gasteiger partial charge in [-0.15, -0.1) is 0 Å². The van der Waals surface area contributed by atoms with E-state index in [4.69, 9.17) is 0 Å². The van der Waals surface area contributed by atoms with Gasteiger partial charge < -0.3 is 0 Å². The molecule has 0 aliphatic carbocycles. The van der Waals surface area contributed by atoms with E-state index in [1.54, 1.807) is 4.31 Å². The Morgan fingerprint density at radius 3 is 2.35 bits per heavy atom. The van der Waals surface area contributed by atoms with Gasteiger partial charge in [0.05, 0.1) is 0 Å². The Labute approximate surface area is 113 Å². The fourth-order valence-corrected chi connectivity index (χ4v) is 4.40. The SMILES string of the molecule is CC(C)(CCBr)CNS(=O)(=O)N1CCCCC1. The first kappa shape index (κ1) is 15.4. The number of nitrogens with zero attached hydrogens (tertiary/aromatic N) is 1. The van der Waals surface area contributed by atoms with Crippen LogP contribution in [-0.4, -0.2) is 37.7 Å². The van der Waals surface area contributed by atoms with Crippen molar-refractivity contribution in [2.24, 2.45) is 5.41 Å². The lowest BCUT2D eigenvalue weighted by atomic mass is 9.91. The molecule has 0 atom stereocenters. The molecule has 0 aromatic heterocycles. The summed E-state index contributed by atoms with van der Waals surface area (Å²) < 4.78 is 28.4. The monoisotopic (exact) mass is 326 g/mol. The largest absolute Gasteiger partial charge is 0.279 e. The maximum atomic E-state index is 12.0. The molecule has 6 heteroatoms. The molecule has 1 aliphatic rings. The van der Waals surface area contributed by atoms with E-state index in [2.05, 4.69) is 34.5 Å². The minimum Gasteiger partial charge on any atom is -0.202 e. The Bertz CT molecular complexity index is 324. The lowest BCUT2D eigenvalue weighted by Crippen LogP contribution is -2.46. The molecule has 0 amide bonds. The molecule has 102 valence electrons. The molecule has 0 aromatic rings. The number of rotatable bonds is 6. The zero-order chi connectivity index (χ0) is 12.9. The Kier molecular flexibility index (Phi) is 5.89. The number of nitrogens with one attached hydrogen (secondary N) is 1. The third-order valence-corrected chi connectivity index (χ3v) is 5.11. The van der Waals surface area contributed by atoms with Gasteiger partial charge in [0.25, 0.3) is 10.2 Å². The second-order valence-electron chi connectivity index (χ2n) is 5.39. The van der Waals surface area contributed by atoms with Crippen LogP contribution in [0.25, 0.3) is 0 Å². The fraction of sp³-hybridized carbons (Fsp3) is 1.00. The molecule has 1 rings (SSSR count). The molecule has 0 radical (unpaired) electrons. The maximum absolute atomic E-state index is 12.0. The van der Waals surface area contributed by atoms with Gasteiger partial charge in [0, 0.05) is 25.0 Å². The number of alkyl halides is 1. The molecular weight excluding hydrogens is 304 g/mol. The van der Waals surface area contributed by atoms with Gasteiger partial charge in [-0.3, -0.25) is 0 Å². The zero-order valence-corrected chi connectivity index (χ0v) is 13.1. The van der Waals surface area contributed by atoms with E-state index in [1.807, 2.05) is 0 Å². The second kappa shape index (κ2) is 6.50. The molecule has 0 bridgehead atoms. The third-order valence-electron chi connectivity index (χ3n) is 3.16. The van der Waals surface area contributed by atoms with E-state index in [0.29, 0.717) is 19.6 Å². The molecule has 1 aliphatic heterocycles. The first-order valence-electron chi connectivity index (χ1n) is 6.18. The van der Waals surface area contributed by atoms with Gasteiger partial charge in [-0.05, 0) is 24.7 Å². The van der Waals surface area contributed by atoms with Gasteiger partial charge in [-0.25, -0.2) is 4.72 Å². The van der Waals surface area contributed by atoms with Crippen molar-refractivity contribution in [3.05, 3.63) is 0 Å². The van der Waals surface area contributed by atoms with E-state index in [9.17, 15) is 8.42 Å². The van der Waals surface area contributed by atoms with E-state index >= 15 is 0 Å². The quantitative estimate of drug-likeness (QED) is 0.760. The molecule has 0 spiro atoms. The van der Waals surface area contributed by atoms with Crippen molar-refractivity contribution in [1.29, 1.82) is 0 Å². The van der Waals surface area contributed by atoms with Crippen LogP contribution in [0.3, 0.4) is 0 Å². The number of piperidine rings is 1. The van der Waals surface area contributed by atoms with Crippen LogP contribution >= 0.6 is 15.9 Å². The van der Waals surface area contributed by atoms with Crippen LogP contribution in [0.15, 0.2) is 0 Å². The third kappa shape index (κ3) is 5.24. The summed E-state index contributed by atoms with van der Waals surface area (Å²) in [4.78, 5) is 0. The van der Waals surface area contributed by atoms with E-state index in [1.165, 1.54) is 0 Å². The highest BCUT2D eigenvalue weighted by Crippen LogP contribution is 2.21. The predicted molar refractivity (Wildman–Crippen MR) is 74.5 cm³/mol. The average Bonchev–Trinajstić information content (AvgIpc) is 2.28. The average molecular weight is 327 g/mol. The number of hydrogen-bond donors (Lipinski definition) is 1.